The lowest BCUT2D eigenvalue weighted by Crippen LogP contribution is -2.24. The Bertz CT molecular complexity index is 821. The third-order valence-corrected chi connectivity index (χ3v) is 3.80. The summed E-state index contributed by atoms with van der Waals surface area (Å²) in [7, 11) is 0. The quantitative estimate of drug-likeness (QED) is 0.778. The summed E-state index contributed by atoms with van der Waals surface area (Å²) in [4.78, 5) is 16.6. The van der Waals surface area contributed by atoms with Gasteiger partial charge in [0.25, 0.3) is 5.91 Å². The van der Waals surface area contributed by atoms with Gasteiger partial charge < -0.3 is 10.4 Å². The van der Waals surface area contributed by atoms with E-state index in [0.717, 1.165) is 21.9 Å². The van der Waals surface area contributed by atoms with E-state index in [2.05, 4.69) is 10.3 Å². The van der Waals surface area contributed by atoms with Crippen molar-refractivity contribution in [3.63, 3.8) is 0 Å². The molecule has 1 unspecified atom stereocenters. The molecular weight excluding hydrogens is 288 g/mol. The standard InChI is InChI=1S/C19H18N2O2/c1-13(22)15-8-6-14(7-9-15)12-21-19(23)18-17-5-3-2-4-16(17)10-11-20-18/h2-11,13,22H,12H2,1H3,(H,21,23). The van der Waals surface area contributed by atoms with Crippen LogP contribution in [-0.4, -0.2) is 16.0 Å². The van der Waals surface area contributed by atoms with Gasteiger partial charge in [0.1, 0.15) is 5.69 Å². The fourth-order valence-electron chi connectivity index (χ4n) is 2.48. The van der Waals surface area contributed by atoms with Crippen molar-refractivity contribution in [1.29, 1.82) is 0 Å². The number of amides is 1. The van der Waals surface area contributed by atoms with E-state index in [4.69, 9.17) is 0 Å². The van der Waals surface area contributed by atoms with Gasteiger partial charge in [-0.1, -0.05) is 48.5 Å². The predicted molar refractivity (Wildman–Crippen MR) is 90.0 cm³/mol. The Morgan fingerprint density at radius 2 is 1.87 bits per heavy atom. The van der Waals surface area contributed by atoms with Gasteiger partial charge in [0.15, 0.2) is 0 Å². The van der Waals surface area contributed by atoms with Gasteiger partial charge in [0.05, 0.1) is 6.10 Å². The molecule has 0 aliphatic heterocycles. The molecule has 23 heavy (non-hydrogen) atoms. The number of pyridine rings is 1. The summed E-state index contributed by atoms with van der Waals surface area (Å²) in [5.41, 5.74) is 2.27. The summed E-state index contributed by atoms with van der Waals surface area (Å²) in [5.74, 6) is -0.193. The molecule has 0 bridgehead atoms. The summed E-state index contributed by atoms with van der Waals surface area (Å²) in [6, 6.07) is 17.1. The van der Waals surface area contributed by atoms with Crippen LogP contribution in [0.2, 0.25) is 0 Å². The highest BCUT2D eigenvalue weighted by atomic mass is 16.3. The van der Waals surface area contributed by atoms with Crippen molar-refractivity contribution in [3.8, 4) is 0 Å². The smallest absolute Gasteiger partial charge is 0.270 e. The first kappa shape index (κ1) is 15.2. The monoisotopic (exact) mass is 306 g/mol. The van der Waals surface area contributed by atoms with Crippen LogP contribution in [0.25, 0.3) is 10.8 Å². The number of aliphatic hydroxyl groups is 1. The highest BCUT2D eigenvalue weighted by molar-refractivity contribution is 6.05. The number of aliphatic hydroxyl groups excluding tert-OH is 1. The molecular formula is C19H18N2O2. The number of fused-ring (bicyclic) bond motifs is 1. The molecule has 0 saturated carbocycles. The molecule has 116 valence electrons. The molecule has 1 atom stereocenters. The highest BCUT2D eigenvalue weighted by Gasteiger charge is 2.11. The normalized spacial score (nSPS) is 12.1. The number of hydrogen-bond donors (Lipinski definition) is 2. The lowest BCUT2D eigenvalue weighted by Gasteiger charge is -2.09. The molecule has 0 spiro atoms. The van der Waals surface area contributed by atoms with Gasteiger partial charge in [-0.2, -0.15) is 0 Å². The minimum Gasteiger partial charge on any atom is -0.389 e. The van der Waals surface area contributed by atoms with Crippen molar-refractivity contribution in [2.24, 2.45) is 0 Å². The van der Waals surface area contributed by atoms with Crippen molar-refractivity contribution < 1.29 is 9.90 Å². The van der Waals surface area contributed by atoms with Crippen LogP contribution in [0.1, 0.15) is 34.6 Å². The Balaban J connectivity index is 1.74. The molecule has 1 heterocycles. The second-order valence-electron chi connectivity index (χ2n) is 5.48. The van der Waals surface area contributed by atoms with Crippen LogP contribution in [0.5, 0.6) is 0 Å². The molecule has 2 N–H and O–H groups in total. The predicted octanol–water partition coefficient (Wildman–Crippen LogP) is 3.22. The van der Waals surface area contributed by atoms with Crippen molar-refractivity contribution in [1.82, 2.24) is 10.3 Å². The third kappa shape index (κ3) is 3.38. The number of carbonyl (C=O) groups is 1. The molecule has 1 aromatic heterocycles. The molecule has 4 heteroatoms. The average Bonchev–Trinajstić information content (AvgIpc) is 2.59. The van der Waals surface area contributed by atoms with E-state index in [1.54, 1.807) is 13.1 Å². The van der Waals surface area contributed by atoms with E-state index in [-0.39, 0.29) is 5.91 Å². The fraction of sp³-hybridized carbons (Fsp3) is 0.158. The number of nitrogens with one attached hydrogen (secondary N) is 1. The summed E-state index contributed by atoms with van der Waals surface area (Å²) < 4.78 is 0. The van der Waals surface area contributed by atoms with Crippen molar-refractivity contribution in [2.75, 3.05) is 0 Å². The Labute approximate surface area is 134 Å². The van der Waals surface area contributed by atoms with Gasteiger partial charge in [0, 0.05) is 18.1 Å². The Morgan fingerprint density at radius 1 is 1.13 bits per heavy atom. The molecule has 3 aromatic rings. The zero-order valence-electron chi connectivity index (χ0n) is 12.9. The van der Waals surface area contributed by atoms with E-state index in [1.807, 2.05) is 54.6 Å². The van der Waals surface area contributed by atoms with Crippen molar-refractivity contribution in [2.45, 2.75) is 19.6 Å². The maximum absolute atomic E-state index is 12.4. The number of benzene rings is 2. The van der Waals surface area contributed by atoms with Gasteiger partial charge in [-0.25, -0.2) is 0 Å². The van der Waals surface area contributed by atoms with Gasteiger partial charge in [-0.05, 0) is 29.5 Å². The average molecular weight is 306 g/mol. The van der Waals surface area contributed by atoms with Crippen LogP contribution >= 0.6 is 0 Å². The SMILES string of the molecule is CC(O)c1ccc(CNC(=O)c2nccc3ccccc23)cc1. The van der Waals surface area contributed by atoms with Crippen LogP contribution < -0.4 is 5.32 Å². The second-order valence-corrected chi connectivity index (χ2v) is 5.48. The first-order valence-corrected chi connectivity index (χ1v) is 7.54. The van der Waals surface area contributed by atoms with Gasteiger partial charge in [0.2, 0.25) is 0 Å². The van der Waals surface area contributed by atoms with Gasteiger partial charge in [-0.3, -0.25) is 9.78 Å². The van der Waals surface area contributed by atoms with Crippen molar-refractivity contribution in [3.05, 3.63) is 77.6 Å². The summed E-state index contributed by atoms with van der Waals surface area (Å²) in [6.07, 6.45) is 1.16. The second kappa shape index (κ2) is 6.58. The maximum Gasteiger partial charge on any atom is 0.270 e. The molecule has 0 saturated heterocycles. The third-order valence-electron chi connectivity index (χ3n) is 3.80. The van der Waals surface area contributed by atoms with Crippen LogP contribution in [0.15, 0.2) is 60.8 Å². The number of hydrogen-bond acceptors (Lipinski definition) is 3. The fourth-order valence-corrected chi connectivity index (χ4v) is 2.48. The zero-order chi connectivity index (χ0) is 16.2. The summed E-state index contributed by atoms with van der Waals surface area (Å²) >= 11 is 0. The minimum absolute atomic E-state index is 0.193. The molecule has 0 radical (unpaired) electrons. The maximum atomic E-state index is 12.4. The molecule has 4 nitrogen and oxygen atoms in total. The lowest BCUT2D eigenvalue weighted by molar-refractivity contribution is 0.0947. The largest absolute Gasteiger partial charge is 0.389 e. The molecule has 3 rings (SSSR count). The first-order valence-electron chi connectivity index (χ1n) is 7.54. The topological polar surface area (TPSA) is 62.2 Å². The molecule has 0 fully saturated rings. The van der Waals surface area contributed by atoms with E-state index >= 15 is 0 Å². The Kier molecular flexibility index (Phi) is 4.35. The zero-order valence-corrected chi connectivity index (χ0v) is 12.9. The van der Waals surface area contributed by atoms with Gasteiger partial charge in [-0.15, -0.1) is 0 Å². The lowest BCUT2D eigenvalue weighted by atomic mass is 10.1. The van der Waals surface area contributed by atoms with Crippen LogP contribution in [0.4, 0.5) is 0 Å². The number of carbonyl (C=O) groups excluding carboxylic acids is 1. The van der Waals surface area contributed by atoms with E-state index < -0.39 is 6.10 Å². The van der Waals surface area contributed by atoms with Crippen LogP contribution in [-0.2, 0) is 6.54 Å². The minimum atomic E-state index is -0.487. The Morgan fingerprint density at radius 3 is 2.61 bits per heavy atom. The Hall–Kier alpha value is -2.72. The summed E-state index contributed by atoms with van der Waals surface area (Å²) in [5, 5.41) is 14.2. The van der Waals surface area contributed by atoms with Crippen LogP contribution in [0.3, 0.4) is 0 Å². The van der Waals surface area contributed by atoms with E-state index in [9.17, 15) is 9.90 Å². The van der Waals surface area contributed by atoms with E-state index in [0.29, 0.717) is 12.2 Å². The molecule has 0 aliphatic carbocycles. The number of aromatic nitrogens is 1. The van der Waals surface area contributed by atoms with E-state index in [1.165, 1.54) is 0 Å². The van der Waals surface area contributed by atoms with Crippen LogP contribution in [0, 0.1) is 0 Å². The number of nitrogens with zero attached hydrogens (tertiary/aromatic N) is 1. The first-order chi connectivity index (χ1) is 11.1. The summed E-state index contributed by atoms with van der Waals surface area (Å²) in [6.45, 7) is 2.15. The molecule has 1 amide bonds. The molecule has 2 aromatic carbocycles. The van der Waals surface area contributed by atoms with Gasteiger partial charge >= 0.3 is 0 Å². The van der Waals surface area contributed by atoms with Crippen molar-refractivity contribution >= 4 is 16.7 Å². The number of rotatable bonds is 4. The highest BCUT2D eigenvalue weighted by Crippen LogP contribution is 2.16. The molecule has 0 aliphatic rings.